The fraction of sp³-hybridized carbons (Fsp3) is 0.353. The van der Waals surface area contributed by atoms with Crippen LogP contribution >= 0.6 is 11.6 Å². The summed E-state index contributed by atoms with van der Waals surface area (Å²) in [6.07, 6.45) is -3.12. The van der Waals surface area contributed by atoms with Crippen molar-refractivity contribution in [3.05, 3.63) is 58.7 Å². The van der Waals surface area contributed by atoms with Gasteiger partial charge in [0.2, 0.25) is 10.0 Å². The van der Waals surface area contributed by atoms with Gasteiger partial charge < -0.3 is 4.90 Å². The fourth-order valence-electron chi connectivity index (χ4n) is 2.92. The van der Waals surface area contributed by atoms with Crippen LogP contribution in [0.1, 0.15) is 17.5 Å². The number of hydrogen-bond donors (Lipinski definition) is 1. The van der Waals surface area contributed by atoms with Gasteiger partial charge in [0.15, 0.2) is 0 Å². The van der Waals surface area contributed by atoms with Gasteiger partial charge in [-0.25, -0.2) is 18.1 Å². The van der Waals surface area contributed by atoms with Crippen molar-refractivity contribution in [1.82, 2.24) is 9.71 Å². The number of rotatable bonds is 5. The van der Waals surface area contributed by atoms with Crippen molar-refractivity contribution in [2.45, 2.75) is 24.4 Å². The molecule has 1 saturated heterocycles. The lowest BCUT2D eigenvalue weighted by Crippen LogP contribution is -2.37. The van der Waals surface area contributed by atoms with E-state index in [-0.39, 0.29) is 11.8 Å². The predicted molar refractivity (Wildman–Crippen MR) is 97.1 cm³/mol. The SMILES string of the molecule is O=S(=O)(Cc1ccccc1Cl)NC1CCN(c2ccc(C(F)(F)F)cn2)C1. The van der Waals surface area contributed by atoms with Crippen molar-refractivity contribution in [1.29, 1.82) is 0 Å². The maximum atomic E-state index is 12.6. The Morgan fingerprint density at radius 2 is 1.96 bits per heavy atom. The van der Waals surface area contributed by atoms with Crippen LogP contribution in [0.2, 0.25) is 5.02 Å². The molecule has 5 nitrogen and oxygen atoms in total. The maximum Gasteiger partial charge on any atom is 0.417 e. The Hall–Kier alpha value is -1.84. The van der Waals surface area contributed by atoms with E-state index >= 15 is 0 Å². The second kappa shape index (κ2) is 7.65. The molecule has 0 saturated carbocycles. The number of aromatic nitrogens is 1. The van der Waals surface area contributed by atoms with E-state index in [9.17, 15) is 21.6 Å². The van der Waals surface area contributed by atoms with E-state index in [0.29, 0.717) is 35.9 Å². The molecule has 3 rings (SSSR count). The number of pyridine rings is 1. The van der Waals surface area contributed by atoms with Gasteiger partial charge in [-0.05, 0) is 30.2 Å². The number of sulfonamides is 1. The Bertz CT molecular complexity index is 904. The van der Waals surface area contributed by atoms with Gasteiger partial charge in [-0.3, -0.25) is 0 Å². The van der Waals surface area contributed by atoms with Gasteiger partial charge in [0.25, 0.3) is 0 Å². The summed E-state index contributed by atoms with van der Waals surface area (Å²) in [6.45, 7) is 0.831. The molecule has 1 fully saturated rings. The van der Waals surface area contributed by atoms with Crippen LogP contribution in [-0.4, -0.2) is 32.5 Å². The first-order chi connectivity index (χ1) is 12.6. The van der Waals surface area contributed by atoms with E-state index in [2.05, 4.69) is 9.71 Å². The Balaban J connectivity index is 1.61. The molecule has 0 bridgehead atoms. The van der Waals surface area contributed by atoms with E-state index in [1.54, 1.807) is 29.2 Å². The zero-order valence-electron chi connectivity index (χ0n) is 14.1. The Labute approximate surface area is 160 Å². The van der Waals surface area contributed by atoms with Crippen LogP contribution < -0.4 is 9.62 Å². The van der Waals surface area contributed by atoms with Gasteiger partial charge in [-0.1, -0.05) is 29.8 Å². The molecule has 0 radical (unpaired) electrons. The molecular formula is C17H17ClF3N3O2S. The molecule has 1 N–H and O–H groups in total. The molecule has 10 heteroatoms. The molecule has 1 aliphatic rings. The van der Waals surface area contributed by atoms with Crippen molar-refractivity contribution in [3.63, 3.8) is 0 Å². The van der Waals surface area contributed by atoms with Crippen molar-refractivity contribution in [3.8, 4) is 0 Å². The van der Waals surface area contributed by atoms with Crippen LogP contribution in [0.15, 0.2) is 42.6 Å². The van der Waals surface area contributed by atoms with Crippen molar-refractivity contribution < 1.29 is 21.6 Å². The average Bonchev–Trinajstić information content (AvgIpc) is 3.04. The molecular weight excluding hydrogens is 403 g/mol. The molecule has 2 heterocycles. The minimum atomic E-state index is -4.44. The number of anilines is 1. The number of nitrogens with one attached hydrogen (secondary N) is 1. The second-order valence-electron chi connectivity index (χ2n) is 6.30. The number of nitrogens with zero attached hydrogens (tertiary/aromatic N) is 2. The van der Waals surface area contributed by atoms with Gasteiger partial charge in [-0.2, -0.15) is 13.2 Å². The minimum absolute atomic E-state index is 0.234. The van der Waals surface area contributed by atoms with Crippen LogP contribution in [0.5, 0.6) is 0 Å². The summed E-state index contributed by atoms with van der Waals surface area (Å²) in [5, 5.41) is 0.380. The largest absolute Gasteiger partial charge is 0.417 e. The lowest BCUT2D eigenvalue weighted by atomic mass is 10.2. The molecule has 1 aromatic heterocycles. The van der Waals surface area contributed by atoms with Crippen LogP contribution in [0.25, 0.3) is 0 Å². The van der Waals surface area contributed by atoms with Crippen molar-refractivity contribution in [2.24, 2.45) is 0 Å². The predicted octanol–water partition coefficient (Wildman–Crippen LogP) is 3.45. The highest BCUT2D eigenvalue weighted by Gasteiger charge is 2.32. The Morgan fingerprint density at radius 1 is 1.22 bits per heavy atom. The highest BCUT2D eigenvalue weighted by molar-refractivity contribution is 7.88. The van der Waals surface area contributed by atoms with Crippen LogP contribution in [0, 0.1) is 0 Å². The third-order valence-corrected chi connectivity index (χ3v) is 5.99. The van der Waals surface area contributed by atoms with Crippen molar-refractivity contribution in [2.75, 3.05) is 18.0 Å². The van der Waals surface area contributed by atoms with Crippen LogP contribution in [-0.2, 0) is 22.0 Å². The second-order valence-corrected chi connectivity index (χ2v) is 8.46. The Morgan fingerprint density at radius 3 is 2.59 bits per heavy atom. The smallest absolute Gasteiger partial charge is 0.355 e. The zero-order valence-corrected chi connectivity index (χ0v) is 15.7. The molecule has 0 spiro atoms. The lowest BCUT2D eigenvalue weighted by molar-refractivity contribution is -0.137. The number of benzene rings is 1. The first-order valence-corrected chi connectivity index (χ1v) is 10.2. The van der Waals surface area contributed by atoms with Gasteiger partial charge in [-0.15, -0.1) is 0 Å². The summed E-state index contributed by atoms with van der Waals surface area (Å²) in [7, 11) is -3.60. The molecule has 27 heavy (non-hydrogen) atoms. The minimum Gasteiger partial charge on any atom is -0.355 e. The molecule has 0 amide bonds. The van der Waals surface area contributed by atoms with E-state index in [4.69, 9.17) is 11.6 Å². The van der Waals surface area contributed by atoms with E-state index in [0.717, 1.165) is 12.3 Å². The summed E-state index contributed by atoms with van der Waals surface area (Å²) in [5.74, 6) is 0.151. The van der Waals surface area contributed by atoms with E-state index in [1.807, 2.05) is 0 Å². The molecule has 2 aromatic rings. The summed E-state index contributed by atoms with van der Waals surface area (Å²) in [4.78, 5) is 5.60. The maximum absolute atomic E-state index is 12.6. The van der Waals surface area contributed by atoms with Gasteiger partial charge in [0, 0.05) is 30.4 Å². The topological polar surface area (TPSA) is 62.3 Å². The zero-order chi connectivity index (χ0) is 19.7. The summed E-state index contributed by atoms with van der Waals surface area (Å²) >= 11 is 6.01. The highest BCUT2D eigenvalue weighted by Crippen LogP contribution is 2.30. The van der Waals surface area contributed by atoms with Crippen molar-refractivity contribution >= 4 is 27.4 Å². The third kappa shape index (κ3) is 5.12. The third-order valence-electron chi connectivity index (χ3n) is 4.24. The van der Waals surface area contributed by atoms with Crippen LogP contribution in [0.4, 0.5) is 19.0 Å². The van der Waals surface area contributed by atoms with Gasteiger partial charge in [0.05, 0.1) is 11.3 Å². The number of hydrogen-bond acceptors (Lipinski definition) is 4. The highest BCUT2D eigenvalue weighted by atomic mass is 35.5. The fourth-order valence-corrected chi connectivity index (χ4v) is 4.65. The molecule has 1 aliphatic heterocycles. The van der Waals surface area contributed by atoms with E-state index in [1.165, 1.54) is 6.07 Å². The first kappa shape index (κ1) is 19.9. The summed E-state index contributed by atoms with van der Waals surface area (Å²) < 4.78 is 65.2. The normalized spacial score (nSPS) is 18.1. The molecule has 1 aromatic carbocycles. The first-order valence-electron chi connectivity index (χ1n) is 8.16. The quantitative estimate of drug-likeness (QED) is 0.806. The number of alkyl halides is 3. The summed E-state index contributed by atoms with van der Waals surface area (Å²) in [5.41, 5.74) is -0.312. The lowest BCUT2D eigenvalue weighted by Gasteiger charge is -2.18. The molecule has 1 unspecified atom stereocenters. The standard InChI is InChI=1S/C17H17ClF3N3O2S/c18-15-4-2-1-3-12(15)11-27(25,26)23-14-7-8-24(10-14)16-6-5-13(9-22-16)17(19,20)21/h1-6,9,14,23H,7-8,10-11H2. The molecule has 1 atom stereocenters. The monoisotopic (exact) mass is 419 g/mol. The van der Waals surface area contributed by atoms with Gasteiger partial charge in [0.1, 0.15) is 5.82 Å². The van der Waals surface area contributed by atoms with E-state index < -0.39 is 21.8 Å². The molecule has 146 valence electrons. The summed E-state index contributed by atoms with van der Waals surface area (Å²) in [6, 6.07) is 8.62. The number of halogens is 4. The van der Waals surface area contributed by atoms with Crippen LogP contribution in [0.3, 0.4) is 0 Å². The Kier molecular flexibility index (Phi) is 5.64. The molecule has 0 aliphatic carbocycles. The average molecular weight is 420 g/mol. The van der Waals surface area contributed by atoms with Gasteiger partial charge >= 0.3 is 6.18 Å².